The molecule has 2 rings (SSSR count). The molecule has 0 saturated heterocycles. The van der Waals surface area contributed by atoms with Crippen molar-refractivity contribution < 1.29 is 14.6 Å². The fourth-order valence-electron chi connectivity index (χ4n) is 2.41. The van der Waals surface area contributed by atoms with Crippen LogP contribution in [-0.2, 0) is 20.2 Å². The number of aromatic nitrogens is 2. The third kappa shape index (κ3) is 3.84. The number of anilines is 1. The molecule has 0 amide bonds. The van der Waals surface area contributed by atoms with Crippen molar-refractivity contribution in [3.63, 3.8) is 0 Å². The van der Waals surface area contributed by atoms with Crippen LogP contribution in [0.1, 0.15) is 16.8 Å². The first-order valence-corrected chi connectivity index (χ1v) is 7.38. The summed E-state index contributed by atoms with van der Waals surface area (Å²) in [6.07, 6.45) is 1.70. The fourth-order valence-corrected chi connectivity index (χ4v) is 2.41. The number of aryl methyl sites for hydroxylation is 2. The number of rotatable bonds is 8. The summed E-state index contributed by atoms with van der Waals surface area (Å²) >= 11 is 0. The van der Waals surface area contributed by atoms with E-state index in [-0.39, 0.29) is 6.61 Å². The number of aliphatic hydroxyl groups is 1. The third-order valence-corrected chi connectivity index (χ3v) is 3.55. The van der Waals surface area contributed by atoms with E-state index in [4.69, 9.17) is 9.47 Å². The molecule has 1 heterocycles. The lowest BCUT2D eigenvalue weighted by Gasteiger charge is -2.12. The highest BCUT2D eigenvalue weighted by atomic mass is 16.5. The van der Waals surface area contributed by atoms with Crippen LogP contribution in [0.4, 0.5) is 5.69 Å². The molecule has 0 atom stereocenters. The molecule has 124 valence electrons. The zero-order valence-corrected chi connectivity index (χ0v) is 13.8. The Morgan fingerprint density at radius 1 is 1.43 bits per heavy atom. The quantitative estimate of drug-likeness (QED) is 0.732. The Labute approximate surface area is 136 Å². The maximum Gasteiger partial charge on any atom is 0.217 e. The molecule has 0 aliphatic heterocycles. The lowest BCUT2D eigenvalue weighted by molar-refractivity contribution is 0.274. The van der Waals surface area contributed by atoms with Crippen molar-refractivity contribution in [1.29, 1.82) is 0 Å². The third-order valence-electron chi connectivity index (χ3n) is 3.55. The number of hydrogen-bond donors (Lipinski definition) is 2. The van der Waals surface area contributed by atoms with E-state index in [0.29, 0.717) is 18.9 Å². The predicted octanol–water partition coefficient (Wildman–Crippen LogP) is 2.41. The first kappa shape index (κ1) is 16.9. The van der Waals surface area contributed by atoms with Gasteiger partial charge in [-0.15, -0.1) is 0 Å². The van der Waals surface area contributed by atoms with E-state index in [2.05, 4.69) is 17.0 Å². The monoisotopic (exact) mass is 317 g/mol. The molecule has 1 aromatic heterocycles. The summed E-state index contributed by atoms with van der Waals surface area (Å²) in [5.74, 6) is 1.40. The molecule has 0 bridgehead atoms. The molecular weight excluding hydrogens is 294 g/mol. The van der Waals surface area contributed by atoms with E-state index in [0.717, 1.165) is 28.4 Å². The Hall–Kier alpha value is -2.47. The van der Waals surface area contributed by atoms with Crippen LogP contribution in [0.15, 0.2) is 30.9 Å². The largest absolute Gasteiger partial charge is 0.496 e. The number of aliphatic hydroxyl groups excluding tert-OH is 1. The number of nitrogens with zero attached hydrogens (tertiary/aromatic N) is 2. The van der Waals surface area contributed by atoms with E-state index >= 15 is 0 Å². The van der Waals surface area contributed by atoms with Gasteiger partial charge in [-0.3, -0.25) is 0 Å². The van der Waals surface area contributed by atoms with Crippen molar-refractivity contribution >= 4 is 5.69 Å². The number of ether oxygens (including phenoxy) is 2. The fraction of sp³-hybridized carbons (Fsp3) is 0.353. The zero-order valence-electron chi connectivity index (χ0n) is 13.8. The molecule has 0 aliphatic rings. The van der Waals surface area contributed by atoms with Crippen molar-refractivity contribution in [1.82, 2.24) is 9.78 Å². The van der Waals surface area contributed by atoms with Gasteiger partial charge in [-0.05, 0) is 25.1 Å². The minimum atomic E-state index is -0.0711. The summed E-state index contributed by atoms with van der Waals surface area (Å²) in [4.78, 5) is 0. The second-order valence-electron chi connectivity index (χ2n) is 5.13. The van der Waals surface area contributed by atoms with Gasteiger partial charge in [0.05, 0.1) is 25.0 Å². The second kappa shape index (κ2) is 7.69. The second-order valence-corrected chi connectivity index (χ2v) is 5.13. The van der Waals surface area contributed by atoms with Crippen molar-refractivity contribution in [2.45, 2.75) is 20.1 Å². The summed E-state index contributed by atoms with van der Waals surface area (Å²) in [7, 11) is 3.44. The van der Waals surface area contributed by atoms with Crippen molar-refractivity contribution in [3.05, 3.63) is 47.7 Å². The SMILES string of the molecule is C=CCOc1c(CNc2ccc(OC)c(CO)c2)c(C)nn1C. The molecule has 1 aromatic carbocycles. The van der Waals surface area contributed by atoms with Gasteiger partial charge in [0.1, 0.15) is 12.4 Å². The molecule has 0 fully saturated rings. The molecule has 2 aromatic rings. The first-order chi connectivity index (χ1) is 11.1. The van der Waals surface area contributed by atoms with E-state index in [1.54, 1.807) is 17.9 Å². The van der Waals surface area contributed by atoms with Gasteiger partial charge in [0.2, 0.25) is 5.88 Å². The van der Waals surface area contributed by atoms with Crippen LogP contribution in [0, 0.1) is 6.92 Å². The predicted molar refractivity (Wildman–Crippen MR) is 89.9 cm³/mol. The number of benzene rings is 1. The van der Waals surface area contributed by atoms with Gasteiger partial charge in [0.15, 0.2) is 0 Å². The van der Waals surface area contributed by atoms with Gasteiger partial charge in [-0.25, -0.2) is 4.68 Å². The van der Waals surface area contributed by atoms with Crippen molar-refractivity contribution in [2.75, 3.05) is 19.0 Å². The topological polar surface area (TPSA) is 68.5 Å². The minimum absolute atomic E-state index is 0.0711. The highest BCUT2D eigenvalue weighted by Gasteiger charge is 2.14. The maximum atomic E-state index is 9.40. The Kier molecular flexibility index (Phi) is 5.65. The maximum absolute atomic E-state index is 9.40. The van der Waals surface area contributed by atoms with Gasteiger partial charge >= 0.3 is 0 Å². The highest BCUT2D eigenvalue weighted by molar-refractivity contribution is 5.52. The molecule has 6 heteroatoms. The Balaban J connectivity index is 2.16. The van der Waals surface area contributed by atoms with Gasteiger partial charge < -0.3 is 19.9 Å². The standard InChI is InChI=1S/C17H23N3O3/c1-5-8-23-17-15(12(2)19-20(17)3)10-18-14-6-7-16(22-4)13(9-14)11-21/h5-7,9,18,21H,1,8,10-11H2,2-4H3. The lowest BCUT2D eigenvalue weighted by Crippen LogP contribution is -2.06. The Bertz CT molecular complexity index is 680. The molecule has 23 heavy (non-hydrogen) atoms. The Morgan fingerprint density at radius 2 is 2.22 bits per heavy atom. The minimum Gasteiger partial charge on any atom is -0.496 e. The molecule has 0 radical (unpaired) electrons. The summed E-state index contributed by atoms with van der Waals surface area (Å²) < 4.78 is 12.6. The van der Waals surface area contributed by atoms with Crippen LogP contribution >= 0.6 is 0 Å². The van der Waals surface area contributed by atoms with E-state index in [1.165, 1.54) is 0 Å². The molecular formula is C17H23N3O3. The van der Waals surface area contributed by atoms with E-state index < -0.39 is 0 Å². The number of nitrogens with one attached hydrogen (secondary N) is 1. The first-order valence-electron chi connectivity index (χ1n) is 7.38. The van der Waals surface area contributed by atoms with Crippen LogP contribution in [0.25, 0.3) is 0 Å². The molecule has 0 spiro atoms. The molecule has 0 aliphatic carbocycles. The van der Waals surface area contributed by atoms with Crippen molar-refractivity contribution in [3.8, 4) is 11.6 Å². The highest BCUT2D eigenvalue weighted by Crippen LogP contribution is 2.25. The summed E-state index contributed by atoms with van der Waals surface area (Å²) in [6, 6.07) is 5.61. The molecule has 6 nitrogen and oxygen atoms in total. The van der Waals surface area contributed by atoms with Crippen LogP contribution < -0.4 is 14.8 Å². The summed E-state index contributed by atoms with van der Waals surface area (Å²) in [6.45, 7) is 6.55. The van der Waals surface area contributed by atoms with Crippen LogP contribution in [0.2, 0.25) is 0 Å². The van der Waals surface area contributed by atoms with Crippen LogP contribution in [-0.4, -0.2) is 28.6 Å². The summed E-state index contributed by atoms with van der Waals surface area (Å²) in [5.41, 5.74) is 3.54. The van der Waals surface area contributed by atoms with Gasteiger partial charge in [0, 0.05) is 24.8 Å². The average Bonchev–Trinajstić information content (AvgIpc) is 2.83. The van der Waals surface area contributed by atoms with Crippen LogP contribution in [0.3, 0.4) is 0 Å². The number of hydrogen-bond acceptors (Lipinski definition) is 5. The van der Waals surface area contributed by atoms with Crippen molar-refractivity contribution in [2.24, 2.45) is 7.05 Å². The van der Waals surface area contributed by atoms with Gasteiger partial charge in [-0.1, -0.05) is 12.7 Å². The van der Waals surface area contributed by atoms with E-state index in [9.17, 15) is 5.11 Å². The average molecular weight is 317 g/mol. The van der Waals surface area contributed by atoms with E-state index in [1.807, 2.05) is 32.2 Å². The zero-order chi connectivity index (χ0) is 16.8. The smallest absolute Gasteiger partial charge is 0.217 e. The normalized spacial score (nSPS) is 10.4. The molecule has 0 unspecified atom stereocenters. The van der Waals surface area contributed by atoms with Crippen LogP contribution in [0.5, 0.6) is 11.6 Å². The number of methoxy groups -OCH3 is 1. The molecule has 2 N–H and O–H groups in total. The molecule has 0 saturated carbocycles. The van der Waals surface area contributed by atoms with Gasteiger partial charge in [-0.2, -0.15) is 5.10 Å². The summed E-state index contributed by atoms with van der Waals surface area (Å²) in [5, 5.41) is 17.1. The van der Waals surface area contributed by atoms with Gasteiger partial charge in [0.25, 0.3) is 0 Å². The lowest BCUT2D eigenvalue weighted by atomic mass is 10.1. The Morgan fingerprint density at radius 3 is 2.87 bits per heavy atom.